The van der Waals surface area contributed by atoms with Crippen LogP contribution in [0.5, 0.6) is 0 Å². The Kier molecular flexibility index (Phi) is 12.2. The van der Waals surface area contributed by atoms with E-state index in [0.717, 1.165) is 22.5 Å². The van der Waals surface area contributed by atoms with Crippen LogP contribution in [0.3, 0.4) is 0 Å². The molecule has 2 amide bonds. The number of fused-ring (bicyclic) bond motifs is 1. The van der Waals surface area contributed by atoms with Crippen LogP contribution in [0.25, 0.3) is 0 Å². The second kappa shape index (κ2) is 15.7. The summed E-state index contributed by atoms with van der Waals surface area (Å²) in [6, 6.07) is 8.44. The average molecular weight is 752 g/mol. The van der Waals surface area contributed by atoms with Crippen LogP contribution in [0.15, 0.2) is 36.5 Å². The number of nitrogens with zero attached hydrogens (tertiary/aromatic N) is 5. The SMILES string of the molecule is C[C@@H]1CO[C@@H](C(C)(C)O[Si]C(C)(C)C)CN1C[C@H]1CN(C(=O)OC(C)(C)C)[C@H](C)CN1CC(=O)N1CC(C)(C)c2ncc(Cc3ccc(F)cc3)cc21. The zero-order valence-corrected chi connectivity index (χ0v) is 35.1. The molecule has 2 fully saturated rings. The number of hydrogen-bond acceptors (Lipinski definition) is 8. The minimum Gasteiger partial charge on any atom is -0.444 e. The Hall–Kier alpha value is -2.90. The monoisotopic (exact) mass is 751 g/mol. The fourth-order valence-electron chi connectivity index (χ4n) is 7.35. The van der Waals surface area contributed by atoms with Crippen molar-refractivity contribution in [1.82, 2.24) is 19.7 Å². The van der Waals surface area contributed by atoms with Gasteiger partial charge < -0.3 is 23.7 Å². The maximum Gasteiger partial charge on any atom is 0.410 e. The zero-order chi connectivity index (χ0) is 39.1. The van der Waals surface area contributed by atoms with Gasteiger partial charge in [0.2, 0.25) is 15.7 Å². The number of hydrogen-bond donors (Lipinski definition) is 0. The lowest BCUT2D eigenvalue weighted by Crippen LogP contribution is -2.65. The Morgan fingerprint density at radius 1 is 0.962 bits per heavy atom. The van der Waals surface area contributed by atoms with Crippen molar-refractivity contribution < 1.29 is 27.9 Å². The van der Waals surface area contributed by atoms with Gasteiger partial charge in [0.1, 0.15) is 11.4 Å². The summed E-state index contributed by atoms with van der Waals surface area (Å²) in [6.45, 7) is 28.5. The second-order valence-corrected chi connectivity index (χ2v) is 20.5. The highest BCUT2D eigenvalue weighted by Crippen LogP contribution is 2.40. The van der Waals surface area contributed by atoms with Crippen LogP contribution in [-0.2, 0) is 30.5 Å². The molecule has 0 unspecified atom stereocenters. The third-order valence-corrected chi connectivity index (χ3v) is 11.6. The fraction of sp³-hybridized carbons (Fsp3) is 0.683. The molecule has 3 aliphatic rings. The minimum atomic E-state index is -0.621. The van der Waals surface area contributed by atoms with E-state index < -0.39 is 11.2 Å². The van der Waals surface area contributed by atoms with E-state index in [1.165, 1.54) is 12.1 Å². The number of carbonyl (C=O) groups is 2. The number of amides is 2. The predicted molar refractivity (Wildman–Crippen MR) is 208 cm³/mol. The highest BCUT2D eigenvalue weighted by atomic mass is 28.2. The van der Waals surface area contributed by atoms with Gasteiger partial charge in [0.25, 0.3) is 0 Å². The first-order valence-corrected chi connectivity index (χ1v) is 20.0. The van der Waals surface area contributed by atoms with Gasteiger partial charge in [0, 0.05) is 62.5 Å². The molecule has 0 N–H and O–H groups in total. The number of benzene rings is 1. The Morgan fingerprint density at radius 3 is 2.28 bits per heavy atom. The van der Waals surface area contributed by atoms with Crippen LogP contribution in [-0.4, -0.2) is 123 Å². The highest BCUT2D eigenvalue weighted by Gasteiger charge is 2.44. The van der Waals surface area contributed by atoms with Crippen molar-refractivity contribution in [3.05, 3.63) is 59.2 Å². The van der Waals surface area contributed by atoms with Crippen molar-refractivity contribution in [1.29, 1.82) is 0 Å². The molecular weight excluding hydrogens is 690 g/mol. The number of anilines is 1. The third kappa shape index (κ3) is 10.4. The summed E-state index contributed by atoms with van der Waals surface area (Å²) in [5.74, 6) is -0.262. The number of morpholine rings is 1. The molecule has 2 aromatic rings. The van der Waals surface area contributed by atoms with E-state index in [0.29, 0.717) is 55.5 Å². The number of aromatic nitrogens is 1. The molecule has 1 aromatic carbocycles. The van der Waals surface area contributed by atoms with Gasteiger partial charge in [-0.3, -0.25) is 19.6 Å². The van der Waals surface area contributed by atoms with E-state index in [-0.39, 0.29) is 59.0 Å². The van der Waals surface area contributed by atoms with Crippen LogP contribution < -0.4 is 4.90 Å². The summed E-state index contributed by atoms with van der Waals surface area (Å²) in [6.07, 6.45) is 2.00. The molecule has 12 heteroatoms. The number of carbonyl (C=O) groups excluding carboxylic acids is 2. The van der Waals surface area contributed by atoms with Gasteiger partial charge in [-0.1, -0.05) is 46.8 Å². The van der Waals surface area contributed by atoms with Crippen LogP contribution in [0.4, 0.5) is 14.9 Å². The molecule has 3 aliphatic heterocycles. The molecule has 292 valence electrons. The van der Waals surface area contributed by atoms with Crippen molar-refractivity contribution in [2.75, 3.05) is 50.8 Å². The molecule has 0 saturated carbocycles. The van der Waals surface area contributed by atoms with Crippen LogP contribution in [0.2, 0.25) is 5.04 Å². The molecule has 2 radical (unpaired) electrons. The summed E-state index contributed by atoms with van der Waals surface area (Å²) >= 11 is 0. The third-order valence-electron chi connectivity index (χ3n) is 10.4. The van der Waals surface area contributed by atoms with Crippen molar-refractivity contribution in [2.45, 2.75) is 135 Å². The van der Waals surface area contributed by atoms with E-state index in [1.807, 2.05) is 43.7 Å². The normalized spacial score (nSPS) is 24.3. The summed E-state index contributed by atoms with van der Waals surface area (Å²) in [7, 11) is 0.338. The molecule has 2 saturated heterocycles. The molecule has 4 heterocycles. The van der Waals surface area contributed by atoms with Crippen LogP contribution in [0, 0.1) is 5.82 Å². The number of halogens is 1. The lowest BCUT2D eigenvalue weighted by atomic mass is 9.91. The lowest BCUT2D eigenvalue weighted by molar-refractivity contribution is -0.139. The van der Waals surface area contributed by atoms with E-state index in [2.05, 4.69) is 71.3 Å². The molecule has 5 rings (SSSR count). The predicted octanol–water partition coefficient (Wildman–Crippen LogP) is 6.47. The van der Waals surface area contributed by atoms with Crippen LogP contribution in [0.1, 0.15) is 99.9 Å². The van der Waals surface area contributed by atoms with Crippen LogP contribution >= 0.6 is 0 Å². The summed E-state index contributed by atoms with van der Waals surface area (Å²) in [5, 5.41) is 0.0567. The first-order chi connectivity index (χ1) is 24.5. The molecular formula is C41H62FN5O5Si. The molecule has 0 spiro atoms. The van der Waals surface area contributed by atoms with Gasteiger partial charge in [-0.05, 0) is 89.3 Å². The van der Waals surface area contributed by atoms with Gasteiger partial charge in [-0.25, -0.2) is 9.18 Å². The number of pyridine rings is 1. The maximum absolute atomic E-state index is 14.5. The Balaban J connectivity index is 1.37. The van der Waals surface area contributed by atoms with Crippen molar-refractivity contribution in [2.24, 2.45) is 0 Å². The van der Waals surface area contributed by atoms with E-state index >= 15 is 0 Å². The summed E-state index contributed by atoms with van der Waals surface area (Å²) < 4.78 is 32.3. The minimum absolute atomic E-state index is 0.00563. The number of ether oxygens (including phenoxy) is 2. The van der Waals surface area contributed by atoms with Crippen molar-refractivity contribution >= 4 is 27.5 Å². The largest absolute Gasteiger partial charge is 0.444 e. The maximum atomic E-state index is 14.5. The lowest BCUT2D eigenvalue weighted by Gasteiger charge is -2.49. The molecule has 0 bridgehead atoms. The molecule has 53 heavy (non-hydrogen) atoms. The summed E-state index contributed by atoms with van der Waals surface area (Å²) in [4.78, 5) is 41.3. The Bertz CT molecular complexity index is 1610. The zero-order valence-electron chi connectivity index (χ0n) is 34.1. The Labute approximate surface area is 319 Å². The van der Waals surface area contributed by atoms with E-state index in [4.69, 9.17) is 18.9 Å². The van der Waals surface area contributed by atoms with Crippen molar-refractivity contribution in [3.63, 3.8) is 0 Å². The van der Waals surface area contributed by atoms with Gasteiger partial charge in [0.05, 0.1) is 36.2 Å². The second-order valence-electron chi connectivity index (χ2n) is 18.6. The Morgan fingerprint density at radius 2 is 1.64 bits per heavy atom. The quantitative estimate of drug-likeness (QED) is 0.270. The van der Waals surface area contributed by atoms with Gasteiger partial charge in [-0.2, -0.15) is 0 Å². The van der Waals surface area contributed by atoms with Gasteiger partial charge in [-0.15, -0.1) is 0 Å². The first-order valence-electron chi connectivity index (χ1n) is 19.1. The first kappa shape index (κ1) is 41.3. The fourth-order valence-corrected chi connectivity index (χ4v) is 8.05. The highest BCUT2D eigenvalue weighted by molar-refractivity contribution is 6.31. The molecule has 4 atom stereocenters. The number of piperazine rings is 1. The molecule has 0 aliphatic carbocycles. The van der Waals surface area contributed by atoms with Crippen molar-refractivity contribution in [3.8, 4) is 0 Å². The van der Waals surface area contributed by atoms with Gasteiger partial charge in [0.15, 0.2) is 0 Å². The topological polar surface area (TPSA) is 87.7 Å². The van der Waals surface area contributed by atoms with Gasteiger partial charge >= 0.3 is 6.09 Å². The van der Waals surface area contributed by atoms with E-state index in [1.54, 1.807) is 12.1 Å². The average Bonchev–Trinajstić information content (AvgIpc) is 3.31. The number of rotatable bonds is 9. The molecule has 10 nitrogen and oxygen atoms in total. The smallest absolute Gasteiger partial charge is 0.410 e. The standard InChI is InChI=1S/C41H62FN5O5Si/c1-27-20-45(24-35(48)47-26-40(9,10)36-33(47)18-30(19-43-36)17-29-13-15-31(42)16-14-29)32(22-46(27)37(49)51-38(3,4)5)21-44-23-34(50-25-28(44)2)41(11,12)52-53-39(6,7)8/h13-16,18-19,27-28,32,34H,17,20-26H2,1-12H3/t27-,28-,32+,34-/m1/s1. The summed E-state index contributed by atoms with van der Waals surface area (Å²) in [5.41, 5.74) is 2.26. The van der Waals surface area contributed by atoms with E-state index in [9.17, 15) is 14.0 Å². The molecule has 1 aromatic heterocycles.